The number of rotatable bonds is 3. The molecule has 6 nitrogen and oxygen atoms in total. The van der Waals surface area contributed by atoms with Crippen molar-refractivity contribution >= 4 is 28.9 Å². The molecule has 2 heterocycles. The van der Waals surface area contributed by atoms with Gasteiger partial charge in [-0.05, 0) is 25.1 Å². The summed E-state index contributed by atoms with van der Waals surface area (Å²) >= 11 is 1.36. The van der Waals surface area contributed by atoms with Crippen molar-refractivity contribution in [2.75, 3.05) is 24.7 Å². The molecule has 0 radical (unpaired) electrons. The van der Waals surface area contributed by atoms with E-state index in [0.29, 0.717) is 42.5 Å². The molecule has 0 bridgehead atoms. The zero-order chi connectivity index (χ0) is 15.5. The highest BCUT2D eigenvalue weighted by molar-refractivity contribution is 7.07. The molecule has 0 aliphatic carbocycles. The molecule has 1 aliphatic rings. The van der Waals surface area contributed by atoms with Crippen molar-refractivity contribution in [1.82, 2.24) is 4.98 Å². The topological polar surface area (TPSA) is 68.7 Å². The van der Waals surface area contributed by atoms with Crippen LogP contribution in [-0.4, -0.2) is 36.6 Å². The number of carbonyl (C=O) groups is 2. The first-order valence-electron chi connectivity index (χ1n) is 6.84. The van der Waals surface area contributed by atoms with Gasteiger partial charge in [-0.15, -0.1) is 11.3 Å². The van der Waals surface area contributed by atoms with Crippen molar-refractivity contribution in [3.8, 4) is 5.75 Å². The molecule has 0 N–H and O–H groups in total. The van der Waals surface area contributed by atoms with Crippen LogP contribution in [0, 0.1) is 0 Å². The first-order valence-corrected chi connectivity index (χ1v) is 7.79. The summed E-state index contributed by atoms with van der Waals surface area (Å²) < 4.78 is 10.5. The lowest BCUT2D eigenvalue weighted by molar-refractivity contribution is 0.0526. The fraction of sp³-hybridized carbons (Fsp3) is 0.267. The summed E-state index contributed by atoms with van der Waals surface area (Å²) in [6.45, 7) is 2.86. The number of carbonyl (C=O) groups excluding carboxylic acids is 2. The number of esters is 1. The van der Waals surface area contributed by atoms with Crippen molar-refractivity contribution in [1.29, 1.82) is 0 Å². The summed E-state index contributed by atoms with van der Waals surface area (Å²) in [5.74, 6) is -0.0494. The highest BCUT2D eigenvalue weighted by atomic mass is 32.1. The molecule has 0 spiro atoms. The number of hydrogen-bond acceptors (Lipinski definition) is 6. The lowest BCUT2D eigenvalue weighted by atomic mass is 10.1. The molecule has 0 unspecified atom stereocenters. The summed E-state index contributed by atoms with van der Waals surface area (Å²) in [5.41, 5.74) is 2.96. The van der Waals surface area contributed by atoms with Gasteiger partial charge >= 0.3 is 5.97 Å². The van der Waals surface area contributed by atoms with Crippen molar-refractivity contribution in [2.45, 2.75) is 6.92 Å². The fourth-order valence-corrected chi connectivity index (χ4v) is 2.75. The Bertz CT molecular complexity index is 700. The quantitative estimate of drug-likeness (QED) is 0.813. The van der Waals surface area contributed by atoms with E-state index in [1.54, 1.807) is 40.9 Å². The van der Waals surface area contributed by atoms with E-state index in [2.05, 4.69) is 4.98 Å². The van der Waals surface area contributed by atoms with Gasteiger partial charge in [0, 0.05) is 5.38 Å². The SMILES string of the molecule is CCOC(=O)c1ccc2c(c1)N(C(=O)c1cscn1)CCO2. The van der Waals surface area contributed by atoms with Gasteiger partial charge in [0.1, 0.15) is 18.1 Å². The zero-order valence-corrected chi connectivity index (χ0v) is 12.8. The van der Waals surface area contributed by atoms with E-state index in [1.165, 1.54) is 11.3 Å². The van der Waals surface area contributed by atoms with E-state index in [9.17, 15) is 9.59 Å². The Morgan fingerprint density at radius 1 is 1.45 bits per heavy atom. The van der Waals surface area contributed by atoms with Crippen LogP contribution in [0.15, 0.2) is 29.1 Å². The maximum absolute atomic E-state index is 12.5. The number of benzene rings is 1. The number of ether oxygens (including phenoxy) is 2. The van der Waals surface area contributed by atoms with Crippen molar-refractivity contribution in [3.63, 3.8) is 0 Å². The van der Waals surface area contributed by atoms with Gasteiger partial charge in [-0.1, -0.05) is 0 Å². The second-order valence-corrected chi connectivity index (χ2v) is 5.30. The van der Waals surface area contributed by atoms with E-state index < -0.39 is 5.97 Å². The molecule has 1 aliphatic heterocycles. The molecule has 0 fully saturated rings. The molecule has 1 aromatic carbocycles. The normalized spacial score (nSPS) is 13.2. The summed E-state index contributed by atoms with van der Waals surface area (Å²) in [6, 6.07) is 4.94. The minimum Gasteiger partial charge on any atom is -0.490 e. The van der Waals surface area contributed by atoms with Crippen LogP contribution in [0.25, 0.3) is 0 Å². The average molecular weight is 318 g/mol. The number of thiazole rings is 1. The molecular formula is C15H14N2O4S. The molecule has 1 aromatic heterocycles. The number of anilines is 1. The molecular weight excluding hydrogens is 304 g/mol. The van der Waals surface area contributed by atoms with Crippen LogP contribution in [0.1, 0.15) is 27.8 Å². The van der Waals surface area contributed by atoms with Crippen LogP contribution < -0.4 is 9.64 Å². The first kappa shape index (κ1) is 14.5. The molecule has 3 rings (SSSR count). The number of nitrogens with zero attached hydrogens (tertiary/aromatic N) is 2. The van der Waals surface area contributed by atoms with Crippen molar-refractivity contribution in [3.05, 3.63) is 40.3 Å². The Labute approximate surface area is 131 Å². The molecule has 7 heteroatoms. The van der Waals surface area contributed by atoms with Crippen LogP contribution in [-0.2, 0) is 4.74 Å². The summed E-state index contributed by atoms with van der Waals surface area (Å²) in [5, 5.41) is 1.70. The third kappa shape index (κ3) is 2.67. The van der Waals surface area contributed by atoms with Gasteiger partial charge in [-0.25, -0.2) is 9.78 Å². The smallest absolute Gasteiger partial charge is 0.338 e. The van der Waals surface area contributed by atoms with Crippen LogP contribution >= 0.6 is 11.3 Å². The van der Waals surface area contributed by atoms with Crippen LogP contribution in [0.2, 0.25) is 0 Å². The van der Waals surface area contributed by atoms with Crippen LogP contribution in [0.4, 0.5) is 5.69 Å². The Kier molecular flexibility index (Phi) is 4.06. The third-order valence-electron chi connectivity index (χ3n) is 3.23. The standard InChI is InChI=1S/C15H14N2O4S/c1-2-20-15(19)10-3-4-13-12(7-10)17(5-6-21-13)14(18)11-8-22-9-16-11/h3-4,7-9H,2,5-6H2,1H3. The third-order valence-corrected chi connectivity index (χ3v) is 3.82. The van der Waals surface area contributed by atoms with E-state index >= 15 is 0 Å². The predicted octanol–water partition coefficient (Wildman–Crippen LogP) is 2.36. The lowest BCUT2D eigenvalue weighted by Crippen LogP contribution is -2.38. The summed E-state index contributed by atoms with van der Waals surface area (Å²) in [4.78, 5) is 30.0. The number of aromatic nitrogens is 1. The van der Waals surface area contributed by atoms with Gasteiger partial charge in [0.25, 0.3) is 5.91 Å². The average Bonchev–Trinajstić information content (AvgIpc) is 3.08. The molecule has 1 amide bonds. The van der Waals surface area contributed by atoms with E-state index in [4.69, 9.17) is 9.47 Å². The largest absolute Gasteiger partial charge is 0.490 e. The fourth-order valence-electron chi connectivity index (χ4n) is 2.23. The Morgan fingerprint density at radius 3 is 3.05 bits per heavy atom. The molecule has 22 heavy (non-hydrogen) atoms. The van der Waals surface area contributed by atoms with E-state index in [1.807, 2.05) is 0 Å². The summed E-state index contributed by atoms with van der Waals surface area (Å²) in [6.07, 6.45) is 0. The number of hydrogen-bond donors (Lipinski definition) is 0. The van der Waals surface area contributed by atoms with E-state index in [-0.39, 0.29) is 5.91 Å². The van der Waals surface area contributed by atoms with Gasteiger partial charge in [0.15, 0.2) is 0 Å². The molecule has 0 saturated heterocycles. The Balaban J connectivity index is 1.95. The van der Waals surface area contributed by atoms with Gasteiger partial charge < -0.3 is 14.4 Å². The second kappa shape index (κ2) is 6.15. The predicted molar refractivity (Wildman–Crippen MR) is 81.7 cm³/mol. The highest BCUT2D eigenvalue weighted by Crippen LogP contribution is 2.33. The Hall–Kier alpha value is -2.41. The van der Waals surface area contributed by atoms with Gasteiger partial charge in [0.2, 0.25) is 0 Å². The maximum atomic E-state index is 12.5. The van der Waals surface area contributed by atoms with Gasteiger partial charge in [-0.2, -0.15) is 0 Å². The maximum Gasteiger partial charge on any atom is 0.338 e. The van der Waals surface area contributed by atoms with Crippen LogP contribution in [0.5, 0.6) is 5.75 Å². The number of amides is 1. The number of fused-ring (bicyclic) bond motifs is 1. The van der Waals surface area contributed by atoms with Crippen molar-refractivity contribution in [2.24, 2.45) is 0 Å². The highest BCUT2D eigenvalue weighted by Gasteiger charge is 2.27. The molecule has 0 atom stereocenters. The first-order chi connectivity index (χ1) is 10.7. The van der Waals surface area contributed by atoms with Crippen molar-refractivity contribution < 1.29 is 19.1 Å². The monoisotopic (exact) mass is 318 g/mol. The minimum atomic E-state index is -0.420. The van der Waals surface area contributed by atoms with Gasteiger partial charge in [-0.3, -0.25) is 4.79 Å². The van der Waals surface area contributed by atoms with E-state index in [0.717, 1.165) is 0 Å². The second-order valence-electron chi connectivity index (χ2n) is 4.58. The lowest BCUT2D eigenvalue weighted by Gasteiger charge is -2.29. The molecule has 114 valence electrons. The Morgan fingerprint density at radius 2 is 2.32 bits per heavy atom. The van der Waals surface area contributed by atoms with Gasteiger partial charge in [0.05, 0.1) is 29.9 Å². The minimum absolute atomic E-state index is 0.202. The molecule has 0 saturated carbocycles. The molecule has 2 aromatic rings. The summed E-state index contributed by atoms with van der Waals surface area (Å²) in [7, 11) is 0. The zero-order valence-electron chi connectivity index (χ0n) is 11.9. The van der Waals surface area contributed by atoms with Crippen LogP contribution in [0.3, 0.4) is 0 Å².